The Hall–Kier alpha value is -1.99. The predicted octanol–water partition coefficient (Wildman–Crippen LogP) is 2.52. The Labute approximate surface area is 117 Å². The molecule has 19 heavy (non-hydrogen) atoms. The number of carbonyl (C=O) groups excluding carboxylic acids is 1. The Morgan fingerprint density at radius 3 is 2.84 bits per heavy atom. The smallest absolute Gasteiger partial charge is 0.257 e. The summed E-state index contributed by atoms with van der Waals surface area (Å²) in [5.41, 5.74) is 3.61. The number of aromatic nitrogens is 1. The van der Waals surface area contributed by atoms with Gasteiger partial charge in [0, 0.05) is 11.9 Å². The third-order valence-electron chi connectivity index (χ3n) is 2.40. The Morgan fingerprint density at radius 1 is 1.37 bits per heavy atom. The van der Waals surface area contributed by atoms with Gasteiger partial charge in [0.15, 0.2) is 0 Å². The van der Waals surface area contributed by atoms with Gasteiger partial charge in [-0.15, -0.1) is 0 Å². The van der Waals surface area contributed by atoms with Gasteiger partial charge in [0.25, 0.3) is 5.91 Å². The Kier molecular flexibility index (Phi) is 4.08. The van der Waals surface area contributed by atoms with E-state index in [-0.39, 0.29) is 10.4 Å². The third kappa shape index (κ3) is 3.07. The number of nitrogens with one attached hydrogen (secondary N) is 2. The second-order valence-corrected chi connectivity index (χ2v) is 4.50. The topological polar surface area (TPSA) is 80.0 Å². The molecule has 98 valence electrons. The number of hydrazine groups is 1. The zero-order valence-corrected chi connectivity index (χ0v) is 11.2. The van der Waals surface area contributed by atoms with Crippen molar-refractivity contribution in [2.45, 2.75) is 0 Å². The number of benzene rings is 1. The van der Waals surface area contributed by atoms with Crippen molar-refractivity contribution in [1.82, 2.24) is 4.98 Å². The molecule has 0 fully saturated rings. The summed E-state index contributed by atoms with van der Waals surface area (Å²) in [4.78, 5) is 15.9. The van der Waals surface area contributed by atoms with E-state index in [1.807, 2.05) is 0 Å². The number of nitrogens with zero attached hydrogens (tertiary/aromatic N) is 1. The maximum Gasteiger partial charge on any atom is 0.257 e. The number of hydrogen-bond acceptors (Lipinski definition) is 4. The maximum atomic E-state index is 13.1. The van der Waals surface area contributed by atoms with E-state index < -0.39 is 5.82 Å². The number of pyridine rings is 1. The monoisotopic (exact) mass is 324 g/mol. The van der Waals surface area contributed by atoms with Crippen LogP contribution < -0.4 is 16.6 Å². The number of anilines is 2. The zero-order valence-electron chi connectivity index (χ0n) is 9.65. The molecule has 7 heteroatoms. The lowest BCUT2D eigenvalue weighted by molar-refractivity contribution is 0.102. The van der Waals surface area contributed by atoms with Crippen LogP contribution in [0.5, 0.6) is 0 Å². The van der Waals surface area contributed by atoms with Gasteiger partial charge in [0.1, 0.15) is 5.82 Å². The van der Waals surface area contributed by atoms with Crippen LogP contribution in [0.1, 0.15) is 10.4 Å². The van der Waals surface area contributed by atoms with Crippen LogP contribution >= 0.6 is 15.9 Å². The molecule has 5 nitrogen and oxygen atoms in total. The lowest BCUT2D eigenvalue weighted by Gasteiger charge is -2.09. The van der Waals surface area contributed by atoms with Gasteiger partial charge in [-0.05, 0) is 40.2 Å². The van der Waals surface area contributed by atoms with Gasteiger partial charge < -0.3 is 10.7 Å². The van der Waals surface area contributed by atoms with Crippen LogP contribution in [-0.2, 0) is 0 Å². The maximum absolute atomic E-state index is 13.1. The second kappa shape index (κ2) is 5.77. The molecule has 2 aromatic rings. The summed E-state index contributed by atoms with van der Waals surface area (Å²) in [5.74, 6) is 4.53. The average molecular weight is 325 g/mol. The molecule has 0 unspecified atom stereocenters. The normalized spacial score (nSPS) is 10.1. The largest absolute Gasteiger partial charge is 0.322 e. The number of hydrogen-bond donors (Lipinski definition) is 3. The first-order valence-corrected chi connectivity index (χ1v) is 6.08. The summed E-state index contributed by atoms with van der Waals surface area (Å²) in [6.45, 7) is 0. The molecule has 1 aromatic heterocycles. The van der Waals surface area contributed by atoms with E-state index in [2.05, 4.69) is 31.7 Å². The van der Waals surface area contributed by atoms with E-state index in [1.54, 1.807) is 0 Å². The number of nitrogens with two attached hydrogens (primary N) is 1. The van der Waals surface area contributed by atoms with Crippen molar-refractivity contribution < 1.29 is 9.18 Å². The summed E-state index contributed by atoms with van der Waals surface area (Å²) < 4.78 is 13.4. The minimum atomic E-state index is -0.397. The highest BCUT2D eigenvalue weighted by Gasteiger charge is 2.11. The van der Waals surface area contributed by atoms with Crippen LogP contribution in [0.15, 0.2) is 41.1 Å². The molecule has 1 heterocycles. The quantitative estimate of drug-likeness (QED) is 0.598. The summed E-state index contributed by atoms with van der Waals surface area (Å²) in [6.07, 6.45) is 2.92. The van der Waals surface area contributed by atoms with E-state index in [1.165, 1.54) is 36.7 Å². The van der Waals surface area contributed by atoms with E-state index in [4.69, 9.17) is 5.84 Å². The standard InChI is InChI=1S/C12H10BrFN4O/c13-9-5-7(1-2-10(9)14)17-12(19)8-3-4-16-6-11(8)18-15/h1-6,18H,15H2,(H,17,19). The summed E-state index contributed by atoms with van der Waals surface area (Å²) in [7, 11) is 0. The number of amides is 1. The molecule has 0 aliphatic heterocycles. The Bertz CT molecular complexity index is 620. The molecular formula is C12H10BrFN4O. The highest BCUT2D eigenvalue weighted by Crippen LogP contribution is 2.21. The first-order valence-electron chi connectivity index (χ1n) is 5.29. The van der Waals surface area contributed by atoms with Gasteiger partial charge in [-0.2, -0.15) is 0 Å². The highest BCUT2D eigenvalue weighted by atomic mass is 79.9. The molecule has 2 rings (SSSR count). The molecular weight excluding hydrogens is 315 g/mol. The molecule has 1 aromatic carbocycles. The Morgan fingerprint density at radius 2 is 2.16 bits per heavy atom. The molecule has 4 N–H and O–H groups in total. The van der Waals surface area contributed by atoms with Crippen LogP contribution in [-0.4, -0.2) is 10.9 Å². The van der Waals surface area contributed by atoms with Crippen molar-refractivity contribution >= 4 is 33.2 Å². The molecule has 0 saturated carbocycles. The Balaban J connectivity index is 2.23. The minimum Gasteiger partial charge on any atom is -0.322 e. The van der Waals surface area contributed by atoms with Crippen molar-refractivity contribution in [2.24, 2.45) is 5.84 Å². The van der Waals surface area contributed by atoms with Crippen LogP contribution in [0.4, 0.5) is 15.8 Å². The average Bonchev–Trinajstić information content (AvgIpc) is 2.43. The fourth-order valence-corrected chi connectivity index (χ4v) is 1.86. The van der Waals surface area contributed by atoms with E-state index in [0.29, 0.717) is 16.9 Å². The minimum absolute atomic E-state index is 0.275. The van der Waals surface area contributed by atoms with Crippen LogP contribution in [0, 0.1) is 5.82 Å². The fraction of sp³-hybridized carbons (Fsp3) is 0. The van der Waals surface area contributed by atoms with Gasteiger partial charge in [-0.25, -0.2) is 4.39 Å². The second-order valence-electron chi connectivity index (χ2n) is 3.65. The van der Waals surface area contributed by atoms with Crippen molar-refractivity contribution in [3.8, 4) is 0 Å². The lowest BCUT2D eigenvalue weighted by Crippen LogP contribution is -2.17. The zero-order chi connectivity index (χ0) is 13.8. The first kappa shape index (κ1) is 13.4. The fourth-order valence-electron chi connectivity index (χ4n) is 1.48. The first-order chi connectivity index (χ1) is 9.11. The van der Waals surface area contributed by atoms with Crippen molar-refractivity contribution in [2.75, 3.05) is 10.7 Å². The summed E-state index contributed by atoms with van der Waals surface area (Å²) in [5, 5.41) is 2.64. The van der Waals surface area contributed by atoms with Crippen molar-refractivity contribution in [3.05, 3.63) is 52.5 Å². The van der Waals surface area contributed by atoms with Crippen LogP contribution in [0.2, 0.25) is 0 Å². The number of nitrogen functional groups attached to an aromatic ring is 1. The van der Waals surface area contributed by atoms with Crippen LogP contribution in [0.3, 0.4) is 0 Å². The van der Waals surface area contributed by atoms with Crippen molar-refractivity contribution in [3.63, 3.8) is 0 Å². The van der Waals surface area contributed by atoms with E-state index in [9.17, 15) is 9.18 Å². The van der Waals surface area contributed by atoms with Gasteiger partial charge in [-0.1, -0.05) is 0 Å². The van der Waals surface area contributed by atoms with Gasteiger partial charge in [0.05, 0.1) is 21.9 Å². The molecule has 0 bridgehead atoms. The molecule has 0 saturated heterocycles. The molecule has 0 aliphatic carbocycles. The number of halogens is 2. The summed E-state index contributed by atoms with van der Waals surface area (Å²) >= 11 is 3.05. The predicted molar refractivity (Wildman–Crippen MR) is 74.1 cm³/mol. The summed E-state index contributed by atoms with van der Waals surface area (Å²) in [6, 6.07) is 5.73. The molecule has 0 atom stereocenters. The van der Waals surface area contributed by atoms with Gasteiger partial charge in [0.2, 0.25) is 0 Å². The van der Waals surface area contributed by atoms with Gasteiger partial charge in [-0.3, -0.25) is 15.6 Å². The van der Waals surface area contributed by atoms with E-state index >= 15 is 0 Å². The third-order valence-corrected chi connectivity index (χ3v) is 3.01. The van der Waals surface area contributed by atoms with Gasteiger partial charge >= 0.3 is 0 Å². The molecule has 0 spiro atoms. The molecule has 0 radical (unpaired) electrons. The SMILES string of the molecule is NNc1cnccc1C(=O)Nc1ccc(F)c(Br)c1. The van der Waals surface area contributed by atoms with Crippen molar-refractivity contribution in [1.29, 1.82) is 0 Å². The van der Waals surface area contributed by atoms with E-state index in [0.717, 1.165) is 0 Å². The van der Waals surface area contributed by atoms with Crippen LogP contribution in [0.25, 0.3) is 0 Å². The highest BCUT2D eigenvalue weighted by molar-refractivity contribution is 9.10. The number of carbonyl (C=O) groups is 1. The molecule has 1 amide bonds. The number of rotatable bonds is 3. The molecule has 0 aliphatic rings. The lowest BCUT2D eigenvalue weighted by atomic mass is 10.2.